The van der Waals surface area contributed by atoms with E-state index in [-0.39, 0.29) is 12.1 Å². The van der Waals surface area contributed by atoms with Gasteiger partial charge in [-0.3, -0.25) is 0 Å². The number of aromatic nitrogens is 2. The van der Waals surface area contributed by atoms with Gasteiger partial charge in [0.05, 0.1) is 19.3 Å². The number of nitrogens with one attached hydrogen (secondary N) is 1. The largest absolute Gasteiger partial charge is 0.496 e. The highest BCUT2D eigenvalue weighted by Crippen LogP contribution is 2.29. The molecular formula is C16H21N3O2. The molecule has 0 spiro atoms. The van der Waals surface area contributed by atoms with Gasteiger partial charge in [0.25, 0.3) is 0 Å². The maximum Gasteiger partial charge on any atom is 0.140 e. The van der Waals surface area contributed by atoms with Crippen LogP contribution in [0, 0.1) is 6.92 Å². The number of nitrogens with zero attached hydrogens (tertiary/aromatic N) is 2. The Morgan fingerprint density at radius 2 is 2.29 bits per heavy atom. The number of piperidine rings is 1. The van der Waals surface area contributed by atoms with Crippen LogP contribution in [0.4, 0.5) is 0 Å². The molecule has 1 saturated heterocycles. The lowest BCUT2D eigenvalue weighted by atomic mass is 10.0. The van der Waals surface area contributed by atoms with Crippen LogP contribution >= 0.6 is 0 Å². The number of imidazole rings is 1. The SMILES string of the molecule is COc1ccc(-c2nccn2[C@H]2CCNC[C@@H]2O)cc1C. The molecule has 0 aliphatic carbocycles. The van der Waals surface area contributed by atoms with Crippen molar-refractivity contribution in [1.29, 1.82) is 0 Å². The molecule has 0 unspecified atom stereocenters. The smallest absolute Gasteiger partial charge is 0.140 e. The highest BCUT2D eigenvalue weighted by Gasteiger charge is 2.26. The molecule has 2 aromatic rings. The highest BCUT2D eigenvalue weighted by molar-refractivity contribution is 5.59. The first-order valence-electron chi connectivity index (χ1n) is 7.27. The summed E-state index contributed by atoms with van der Waals surface area (Å²) in [4.78, 5) is 4.48. The Balaban J connectivity index is 1.96. The quantitative estimate of drug-likeness (QED) is 0.903. The molecule has 1 aliphatic rings. The molecular weight excluding hydrogens is 266 g/mol. The van der Waals surface area contributed by atoms with Gasteiger partial charge in [0.1, 0.15) is 11.6 Å². The predicted molar refractivity (Wildman–Crippen MR) is 81.5 cm³/mol. The molecule has 1 fully saturated rings. The summed E-state index contributed by atoms with van der Waals surface area (Å²) in [6, 6.07) is 6.12. The van der Waals surface area contributed by atoms with E-state index in [4.69, 9.17) is 4.74 Å². The van der Waals surface area contributed by atoms with Gasteiger partial charge in [0.15, 0.2) is 0 Å². The molecule has 1 aromatic heterocycles. The van der Waals surface area contributed by atoms with E-state index in [1.807, 2.05) is 25.3 Å². The number of hydrogen-bond acceptors (Lipinski definition) is 4. The number of ether oxygens (including phenoxy) is 1. The van der Waals surface area contributed by atoms with Crippen molar-refractivity contribution in [2.24, 2.45) is 0 Å². The Labute approximate surface area is 124 Å². The minimum atomic E-state index is -0.383. The van der Waals surface area contributed by atoms with Gasteiger partial charge in [0, 0.05) is 24.5 Å². The second-order valence-electron chi connectivity index (χ2n) is 5.47. The number of β-amino-alcohol motifs (C(OH)–C–C–N with tert-alkyl or cyclic N) is 1. The number of aliphatic hydroxyl groups excluding tert-OH is 1. The first kappa shape index (κ1) is 14.1. The summed E-state index contributed by atoms with van der Waals surface area (Å²) in [5.41, 5.74) is 2.12. The molecule has 0 radical (unpaired) electrons. The van der Waals surface area contributed by atoms with Crippen LogP contribution in [0.15, 0.2) is 30.6 Å². The third kappa shape index (κ3) is 2.66. The topological polar surface area (TPSA) is 59.3 Å². The van der Waals surface area contributed by atoms with Gasteiger partial charge in [-0.25, -0.2) is 4.98 Å². The summed E-state index contributed by atoms with van der Waals surface area (Å²) >= 11 is 0. The zero-order chi connectivity index (χ0) is 14.8. The van der Waals surface area contributed by atoms with Crippen LogP contribution in [0.3, 0.4) is 0 Å². The van der Waals surface area contributed by atoms with Crippen molar-refractivity contribution in [3.05, 3.63) is 36.2 Å². The van der Waals surface area contributed by atoms with E-state index in [0.29, 0.717) is 6.54 Å². The van der Waals surface area contributed by atoms with Crippen molar-refractivity contribution in [3.8, 4) is 17.1 Å². The van der Waals surface area contributed by atoms with Gasteiger partial charge in [-0.2, -0.15) is 0 Å². The standard InChI is InChI=1S/C16H21N3O2/c1-11-9-12(3-4-15(11)21-2)16-18-7-8-19(16)13-5-6-17-10-14(13)20/h3-4,7-9,13-14,17,20H,5-6,10H2,1-2H3/t13-,14-/m0/s1. The van der Waals surface area contributed by atoms with Crippen LogP contribution in [0.25, 0.3) is 11.4 Å². The zero-order valence-corrected chi connectivity index (χ0v) is 12.4. The molecule has 3 rings (SSSR count). The van der Waals surface area contributed by atoms with Gasteiger partial charge in [-0.1, -0.05) is 0 Å². The van der Waals surface area contributed by atoms with Gasteiger partial charge in [0.2, 0.25) is 0 Å². The van der Waals surface area contributed by atoms with Gasteiger partial charge >= 0.3 is 0 Å². The molecule has 112 valence electrons. The number of aliphatic hydroxyl groups is 1. The molecule has 0 saturated carbocycles. The van der Waals surface area contributed by atoms with Crippen LogP contribution in [-0.4, -0.2) is 41.0 Å². The average molecular weight is 287 g/mol. The Bertz CT molecular complexity index is 624. The fourth-order valence-electron chi connectivity index (χ4n) is 2.97. The molecule has 1 aromatic carbocycles. The fourth-order valence-corrected chi connectivity index (χ4v) is 2.97. The van der Waals surface area contributed by atoms with E-state index in [0.717, 1.165) is 35.7 Å². The van der Waals surface area contributed by atoms with Gasteiger partial charge < -0.3 is 19.7 Å². The molecule has 21 heavy (non-hydrogen) atoms. The number of methoxy groups -OCH3 is 1. The van der Waals surface area contributed by atoms with Gasteiger partial charge in [-0.15, -0.1) is 0 Å². The van der Waals surface area contributed by atoms with E-state index >= 15 is 0 Å². The molecule has 5 nitrogen and oxygen atoms in total. The van der Waals surface area contributed by atoms with Crippen LogP contribution in [0.5, 0.6) is 5.75 Å². The van der Waals surface area contributed by atoms with Crippen LogP contribution in [-0.2, 0) is 0 Å². The maximum atomic E-state index is 10.2. The Hall–Kier alpha value is -1.85. The van der Waals surface area contributed by atoms with E-state index in [2.05, 4.69) is 20.9 Å². The van der Waals surface area contributed by atoms with E-state index in [1.54, 1.807) is 13.3 Å². The predicted octanol–water partition coefficient (Wildman–Crippen LogP) is 1.76. The van der Waals surface area contributed by atoms with E-state index in [1.165, 1.54) is 0 Å². The molecule has 0 amide bonds. The second-order valence-corrected chi connectivity index (χ2v) is 5.47. The lowest BCUT2D eigenvalue weighted by Gasteiger charge is -2.30. The number of benzene rings is 1. The molecule has 0 bridgehead atoms. The van der Waals surface area contributed by atoms with Crippen LogP contribution < -0.4 is 10.1 Å². The number of rotatable bonds is 3. The van der Waals surface area contributed by atoms with Crippen molar-refractivity contribution >= 4 is 0 Å². The minimum Gasteiger partial charge on any atom is -0.496 e. The Kier molecular flexibility index (Phi) is 3.94. The summed E-state index contributed by atoms with van der Waals surface area (Å²) < 4.78 is 7.40. The first-order chi connectivity index (χ1) is 10.2. The molecule has 5 heteroatoms. The van der Waals surface area contributed by atoms with Crippen molar-refractivity contribution in [1.82, 2.24) is 14.9 Å². The third-order valence-electron chi connectivity index (χ3n) is 4.09. The van der Waals surface area contributed by atoms with Crippen LogP contribution in [0.1, 0.15) is 18.0 Å². The fraction of sp³-hybridized carbons (Fsp3) is 0.438. The minimum absolute atomic E-state index is 0.0751. The van der Waals surface area contributed by atoms with E-state index in [9.17, 15) is 5.11 Å². The Morgan fingerprint density at radius 3 is 3.00 bits per heavy atom. The summed E-state index contributed by atoms with van der Waals surface area (Å²) in [6.07, 6.45) is 4.27. The molecule has 1 aliphatic heterocycles. The van der Waals surface area contributed by atoms with Gasteiger partial charge in [-0.05, 0) is 43.7 Å². The molecule has 2 heterocycles. The highest BCUT2D eigenvalue weighted by atomic mass is 16.5. The third-order valence-corrected chi connectivity index (χ3v) is 4.09. The average Bonchev–Trinajstić information content (AvgIpc) is 2.97. The molecule has 2 atom stereocenters. The van der Waals surface area contributed by atoms with Crippen molar-refractivity contribution in [2.45, 2.75) is 25.5 Å². The molecule has 2 N–H and O–H groups in total. The summed E-state index contributed by atoms with van der Waals surface area (Å²) in [7, 11) is 1.67. The van der Waals surface area contributed by atoms with Crippen molar-refractivity contribution in [3.63, 3.8) is 0 Å². The van der Waals surface area contributed by atoms with Crippen molar-refractivity contribution < 1.29 is 9.84 Å². The zero-order valence-electron chi connectivity index (χ0n) is 12.4. The van der Waals surface area contributed by atoms with Crippen LogP contribution in [0.2, 0.25) is 0 Å². The second kappa shape index (κ2) is 5.87. The Morgan fingerprint density at radius 1 is 1.43 bits per heavy atom. The first-order valence-corrected chi connectivity index (χ1v) is 7.27. The summed E-state index contributed by atoms with van der Waals surface area (Å²) in [5.74, 6) is 1.77. The lowest BCUT2D eigenvalue weighted by molar-refractivity contribution is 0.0880. The summed E-state index contributed by atoms with van der Waals surface area (Å²) in [5, 5.41) is 13.4. The normalized spacial score (nSPS) is 22.2. The van der Waals surface area contributed by atoms with Crippen molar-refractivity contribution in [2.75, 3.05) is 20.2 Å². The summed E-state index contributed by atoms with van der Waals surface area (Å²) in [6.45, 7) is 3.57. The lowest BCUT2D eigenvalue weighted by Crippen LogP contribution is -2.41. The maximum absolute atomic E-state index is 10.2. The number of aryl methyl sites for hydroxylation is 1. The van der Waals surface area contributed by atoms with E-state index < -0.39 is 0 Å². The monoisotopic (exact) mass is 287 g/mol. The number of hydrogen-bond donors (Lipinski definition) is 2.